The van der Waals surface area contributed by atoms with Crippen molar-refractivity contribution >= 4 is 0 Å². The fourth-order valence-corrected chi connectivity index (χ4v) is 1.91. The first-order valence-corrected chi connectivity index (χ1v) is 4.66. The Hall–Kier alpha value is -0.300. The summed E-state index contributed by atoms with van der Waals surface area (Å²) in [5.41, 5.74) is 0.424. The molecule has 0 radical (unpaired) electrons. The summed E-state index contributed by atoms with van der Waals surface area (Å²) in [5.74, 6) is 0.742. The quantitative estimate of drug-likeness (QED) is 0.600. The van der Waals surface area contributed by atoms with E-state index >= 15 is 0 Å². The van der Waals surface area contributed by atoms with E-state index in [9.17, 15) is 5.11 Å². The molecule has 0 saturated heterocycles. The minimum Gasteiger partial charge on any atom is -0.390 e. The lowest BCUT2D eigenvalue weighted by atomic mass is 9.71. The van der Waals surface area contributed by atoms with Crippen LogP contribution in [0.3, 0.4) is 0 Å². The Kier molecular flexibility index (Phi) is 2.22. The van der Waals surface area contributed by atoms with Crippen molar-refractivity contribution in [1.29, 1.82) is 0 Å². The number of hydrogen-bond donors (Lipinski definition) is 1. The van der Waals surface area contributed by atoms with Gasteiger partial charge in [0.2, 0.25) is 0 Å². The average Bonchev–Trinajstić information content (AvgIpc) is 2.08. The maximum absolute atomic E-state index is 10.1. The van der Waals surface area contributed by atoms with Crippen LogP contribution in [0.5, 0.6) is 0 Å². The SMILES string of the molecule is [3H]CC(=C)[C@@H]1CCC(C)[C@@](C)(O)C1. The van der Waals surface area contributed by atoms with Crippen molar-refractivity contribution in [3.8, 4) is 0 Å². The molecule has 1 N–H and O–H groups in total. The Balaban J connectivity index is 2.60. The van der Waals surface area contributed by atoms with E-state index in [-0.39, 0.29) is 0 Å². The van der Waals surface area contributed by atoms with Crippen LogP contribution in [0.4, 0.5) is 0 Å². The Morgan fingerprint density at radius 2 is 2.33 bits per heavy atom. The third-order valence-corrected chi connectivity index (χ3v) is 3.25. The lowest BCUT2D eigenvalue weighted by molar-refractivity contribution is -0.0375. The standard InChI is InChI=1S/C11H20O/c1-8(2)10-6-5-9(3)11(4,12)7-10/h9-10,12H,1,5-7H2,2-4H3/t9?,10-,11+/m1/s1/i2T. The average molecular weight is 170 g/mol. The third kappa shape index (κ3) is 1.89. The molecule has 0 heterocycles. The van der Waals surface area contributed by atoms with E-state index in [2.05, 4.69) is 13.5 Å². The second-order valence-electron chi connectivity index (χ2n) is 4.39. The van der Waals surface area contributed by atoms with E-state index in [0.29, 0.717) is 18.7 Å². The predicted octanol–water partition coefficient (Wildman–Crippen LogP) is 2.75. The van der Waals surface area contributed by atoms with Gasteiger partial charge in [-0.05, 0) is 44.9 Å². The molecule has 1 aliphatic rings. The highest BCUT2D eigenvalue weighted by Gasteiger charge is 2.35. The predicted molar refractivity (Wildman–Crippen MR) is 51.9 cm³/mol. The number of rotatable bonds is 1. The molecular formula is C11H20O. The highest BCUT2D eigenvalue weighted by molar-refractivity contribution is 5.02. The first kappa shape index (κ1) is 8.31. The molecule has 1 saturated carbocycles. The van der Waals surface area contributed by atoms with Crippen LogP contribution in [0.1, 0.15) is 41.4 Å². The molecule has 3 atom stereocenters. The molecule has 1 aliphatic carbocycles. The summed E-state index contributed by atoms with van der Waals surface area (Å²) in [7, 11) is 0. The Morgan fingerprint density at radius 1 is 1.67 bits per heavy atom. The van der Waals surface area contributed by atoms with Crippen LogP contribution < -0.4 is 0 Å². The lowest BCUT2D eigenvalue weighted by Crippen LogP contribution is -2.39. The molecule has 1 heteroatoms. The van der Waals surface area contributed by atoms with Crippen LogP contribution in [-0.2, 0) is 0 Å². The molecule has 0 aromatic carbocycles. The van der Waals surface area contributed by atoms with Gasteiger partial charge in [0.15, 0.2) is 0 Å². The summed E-state index contributed by atoms with van der Waals surface area (Å²) in [6, 6.07) is 0. The summed E-state index contributed by atoms with van der Waals surface area (Å²) in [6.45, 7) is 8.19. The highest BCUT2D eigenvalue weighted by Crippen LogP contribution is 2.39. The maximum Gasteiger partial charge on any atom is 0.0650 e. The fraction of sp³-hybridized carbons (Fsp3) is 0.818. The molecule has 0 aliphatic heterocycles. The Labute approximate surface area is 76.9 Å². The van der Waals surface area contributed by atoms with Gasteiger partial charge >= 0.3 is 0 Å². The van der Waals surface area contributed by atoms with Gasteiger partial charge in [0.25, 0.3) is 0 Å². The van der Waals surface area contributed by atoms with Gasteiger partial charge in [-0.1, -0.05) is 19.1 Å². The molecule has 70 valence electrons. The molecule has 1 fully saturated rings. The molecular weight excluding hydrogens is 148 g/mol. The van der Waals surface area contributed by atoms with E-state index in [1.54, 1.807) is 0 Å². The smallest absolute Gasteiger partial charge is 0.0650 e. The third-order valence-electron chi connectivity index (χ3n) is 3.25. The van der Waals surface area contributed by atoms with Gasteiger partial charge in [-0.15, -0.1) is 0 Å². The highest BCUT2D eigenvalue weighted by atomic mass is 16.3. The van der Waals surface area contributed by atoms with Crippen molar-refractivity contribution in [3.05, 3.63) is 12.2 Å². The second kappa shape index (κ2) is 3.21. The lowest BCUT2D eigenvalue weighted by Gasteiger charge is -2.39. The van der Waals surface area contributed by atoms with Crippen LogP contribution >= 0.6 is 0 Å². The zero-order valence-corrected chi connectivity index (χ0v) is 8.14. The van der Waals surface area contributed by atoms with Crippen LogP contribution in [0.2, 0.25) is 0 Å². The van der Waals surface area contributed by atoms with Gasteiger partial charge in [-0.2, -0.15) is 0 Å². The largest absolute Gasteiger partial charge is 0.390 e. The number of aliphatic hydroxyl groups is 1. The Bertz CT molecular complexity index is 198. The van der Waals surface area contributed by atoms with E-state index in [0.717, 1.165) is 24.8 Å². The van der Waals surface area contributed by atoms with Crippen molar-refractivity contribution in [2.24, 2.45) is 11.8 Å². The second-order valence-corrected chi connectivity index (χ2v) is 4.39. The molecule has 0 aromatic heterocycles. The first-order chi connectivity index (χ1) is 5.97. The van der Waals surface area contributed by atoms with Gasteiger partial charge in [-0.3, -0.25) is 0 Å². The molecule has 1 unspecified atom stereocenters. The van der Waals surface area contributed by atoms with Crippen LogP contribution in [0, 0.1) is 11.8 Å². The van der Waals surface area contributed by atoms with Crippen molar-refractivity contribution in [1.82, 2.24) is 0 Å². The van der Waals surface area contributed by atoms with E-state index in [1.165, 1.54) is 0 Å². The zero-order chi connectivity index (χ0) is 10.1. The van der Waals surface area contributed by atoms with Gasteiger partial charge in [-0.25, -0.2) is 0 Å². The van der Waals surface area contributed by atoms with Crippen LogP contribution in [-0.4, -0.2) is 10.7 Å². The first-order valence-electron chi connectivity index (χ1n) is 5.37. The van der Waals surface area contributed by atoms with Gasteiger partial charge in [0, 0.05) is 1.37 Å². The molecule has 12 heavy (non-hydrogen) atoms. The normalized spacial score (nSPS) is 43.8. The molecule has 0 amide bonds. The van der Waals surface area contributed by atoms with Crippen molar-refractivity contribution in [3.63, 3.8) is 0 Å². The summed E-state index contributed by atoms with van der Waals surface area (Å²) in [4.78, 5) is 0. The van der Waals surface area contributed by atoms with Crippen molar-refractivity contribution in [2.45, 2.75) is 45.6 Å². The minimum atomic E-state index is -0.555. The zero-order valence-electron chi connectivity index (χ0n) is 9.14. The Morgan fingerprint density at radius 3 is 2.83 bits per heavy atom. The topological polar surface area (TPSA) is 20.2 Å². The summed E-state index contributed by atoms with van der Waals surface area (Å²) < 4.78 is 7.24. The monoisotopic (exact) mass is 170 g/mol. The van der Waals surface area contributed by atoms with Gasteiger partial charge in [0.1, 0.15) is 0 Å². The van der Waals surface area contributed by atoms with Crippen LogP contribution in [0.15, 0.2) is 12.2 Å². The van der Waals surface area contributed by atoms with Gasteiger partial charge in [0.05, 0.1) is 5.60 Å². The molecule has 0 spiro atoms. The van der Waals surface area contributed by atoms with E-state index in [4.69, 9.17) is 1.37 Å². The summed E-state index contributed by atoms with van der Waals surface area (Å²) >= 11 is 0. The molecule has 1 nitrogen and oxygen atoms in total. The number of hydrogen-bond acceptors (Lipinski definition) is 1. The molecule has 0 aromatic rings. The van der Waals surface area contributed by atoms with Gasteiger partial charge < -0.3 is 5.11 Å². The number of allylic oxidation sites excluding steroid dienone is 1. The van der Waals surface area contributed by atoms with E-state index < -0.39 is 5.60 Å². The van der Waals surface area contributed by atoms with Crippen molar-refractivity contribution in [2.75, 3.05) is 0 Å². The minimum absolute atomic E-state index is 0.301. The maximum atomic E-state index is 10.1. The summed E-state index contributed by atoms with van der Waals surface area (Å²) in [5, 5.41) is 10.1. The van der Waals surface area contributed by atoms with E-state index in [1.807, 2.05) is 6.92 Å². The molecule has 0 bridgehead atoms. The fourth-order valence-electron chi connectivity index (χ4n) is 1.91. The summed E-state index contributed by atoms with van der Waals surface area (Å²) in [6.07, 6.45) is 2.93. The molecule has 1 rings (SSSR count). The van der Waals surface area contributed by atoms with Crippen LogP contribution in [0.25, 0.3) is 0 Å². The van der Waals surface area contributed by atoms with Crippen molar-refractivity contribution < 1.29 is 6.48 Å².